The van der Waals surface area contributed by atoms with Crippen LogP contribution in [0.3, 0.4) is 0 Å². The van der Waals surface area contributed by atoms with Gasteiger partial charge in [0.15, 0.2) is 0 Å². The average Bonchev–Trinajstić information content (AvgIpc) is 2.09. The molecule has 68 valence electrons. The van der Waals surface area contributed by atoms with E-state index < -0.39 is 0 Å². The van der Waals surface area contributed by atoms with E-state index in [0.29, 0.717) is 8.81 Å². The van der Waals surface area contributed by atoms with Crippen molar-refractivity contribution in [2.24, 2.45) is 5.90 Å². The molecule has 0 aromatic heterocycles. The van der Waals surface area contributed by atoms with E-state index in [1.165, 1.54) is 13.3 Å². The molecule has 1 atom stereocenters. The molecule has 0 spiro atoms. The van der Waals surface area contributed by atoms with Gasteiger partial charge in [-0.1, -0.05) is 0 Å². The van der Waals surface area contributed by atoms with Crippen molar-refractivity contribution in [1.82, 2.24) is 0 Å². The van der Waals surface area contributed by atoms with Crippen molar-refractivity contribution in [3.8, 4) is 0 Å². The van der Waals surface area contributed by atoms with Crippen molar-refractivity contribution < 1.29 is 25.8 Å². The van der Waals surface area contributed by atoms with Gasteiger partial charge in [-0.05, 0) is 0 Å². The van der Waals surface area contributed by atoms with Gasteiger partial charge in [0.1, 0.15) is 0 Å². The van der Waals surface area contributed by atoms with Gasteiger partial charge in [-0.3, -0.25) is 0 Å². The van der Waals surface area contributed by atoms with Crippen molar-refractivity contribution in [2.45, 2.75) is 6.92 Å². The molecule has 0 bridgehead atoms. The summed E-state index contributed by atoms with van der Waals surface area (Å²) >= 11 is 0.167. The molecule has 0 radical (unpaired) electrons. The Morgan fingerprint density at radius 1 is 1.50 bits per heavy atom. The predicted molar refractivity (Wildman–Crippen MR) is 48.9 cm³/mol. The van der Waals surface area contributed by atoms with Crippen molar-refractivity contribution in [3.05, 3.63) is 27.8 Å². The van der Waals surface area contributed by atoms with Gasteiger partial charge in [-0.2, -0.15) is 0 Å². The SMILES string of the molecule is CC[I-]c1ccccc1PON. The Labute approximate surface area is 85.0 Å². The van der Waals surface area contributed by atoms with Gasteiger partial charge in [0.05, 0.1) is 0 Å². The molecular weight excluding hydrogens is 284 g/mol. The van der Waals surface area contributed by atoms with Crippen molar-refractivity contribution >= 4 is 14.1 Å². The standard InChI is InChI=1S/C8H12INOP/c1-2-9-7-5-3-4-6-8(7)12-11-10/h3-6,12H,2,10H2,1H3/q-1. The van der Waals surface area contributed by atoms with E-state index in [4.69, 9.17) is 5.90 Å². The number of nitrogens with two attached hydrogens (primary N) is 1. The molecule has 12 heavy (non-hydrogen) atoms. The summed E-state index contributed by atoms with van der Waals surface area (Å²) in [6, 6.07) is 8.38. The first kappa shape index (κ1) is 10.4. The van der Waals surface area contributed by atoms with Crippen molar-refractivity contribution in [3.63, 3.8) is 0 Å². The molecule has 1 aromatic carbocycles. The van der Waals surface area contributed by atoms with Gasteiger partial charge in [0, 0.05) is 0 Å². The Bertz CT molecular complexity index is 219. The third kappa shape index (κ3) is 2.98. The zero-order chi connectivity index (χ0) is 8.81. The van der Waals surface area contributed by atoms with Crippen molar-refractivity contribution in [2.75, 3.05) is 4.43 Å². The van der Waals surface area contributed by atoms with Crippen LogP contribution in [0, 0.1) is 3.57 Å². The fourth-order valence-corrected chi connectivity index (χ4v) is 3.99. The molecule has 0 amide bonds. The van der Waals surface area contributed by atoms with E-state index in [9.17, 15) is 0 Å². The van der Waals surface area contributed by atoms with Crippen LogP contribution in [0.1, 0.15) is 6.92 Å². The molecule has 0 saturated heterocycles. The number of rotatable bonds is 4. The van der Waals surface area contributed by atoms with Gasteiger partial charge >= 0.3 is 85.0 Å². The molecule has 1 unspecified atom stereocenters. The summed E-state index contributed by atoms with van der Waals surface area (Å²) in [4.78, 5) is 0. The maximum atomic E-state index is 5.05. The fourth-order valence-electron chi connectivity index (χ4n) is 0.868. The minimum absolute atomic E-state index is 0.167. The second-order valence-corrected chi connectivity index (χ2v) is 6.53. The third-order valence-corrected chi connectivity index (χ3v) is 5.13. The quantitative estimate of drug-likeness (QED) is 0.304. The Hall–Kier alpha value is 0.300. The summed E-state index contributed by atoms with van der Waals surface area (Å²) < 4.78 is 7.39. The van der Waals surface area contributed by atoms with Crippen LogP contribution in [0.2, 0.25) is 0 Å². The van der Waals surface area contributed by atoms with Crippen LogP contribution in [0.4, 0.5) is 0 Å². The number of benzene rings is 1. The number of halogens is 1. The van der Waals surface area contributed by atoms with Crippen LogP contribution in [0.5, 0.6) is 0 Å². The molecule has 0 fully saturated rings. The van der Waals surface area contributed by atoms with Crippen LogP contribution in [-0.2, 0) is 4.62 Å². The predicted octanol–water partition coefficient (Wildman–Crippen LogP) is -1.93. The van der Waals surface area contributed by atoms with Crippen LogP contribution in [0.15, 0.2) is 24.3 Å². The Morgan fingerprint density at radius 3 is 2.92 bits per heavy atom. The molecule has 2 N–H and O–H groups in total. The fraction of sp³-hybridized carbons (Fsp3) is 0.250. The first-order chi connectivity index (χ1) is 5.88. The van der Waals surface area contributed by atoms with Gasteiger partial charge < -0.3 is 0 Å². The second kappa shape index (κ2) is 5.86. The minimum atomic E-state index is 0.167. The van der Waals surface area contributed by atoms with Crippen LogP contribution >= 0.6 is 8.81 Å². The summed E-state index contributed by atoms with van der Waals surface area (Å²) in [7, 11) is 0.301. The van der Waals surface area contributed by atoms with E-state index in [1.54, 1.807) is 0 Å². The van der Waals surface area contributed by atoms with Gasteiger partial charge in [0.2, 0.25) is 0 Å². The maximum absolute atomic E-state index is 5.05. The van der Waals surface area contributed by atoms with E-state index in [0.717, 1.165) is 0 Å². The molecule has 1 rings (SSSR count). The number of hydrogen-bond donors (Lipinski definition) is 1. The average molecular weight is 296 g/mol. The van der Waals surface area contributed by atoms with E-state index in [-0.39, 0.29) is 21.2 Å². The molecule has 4 heteroatoms. The number of hydrogen-bond acceptors (Lipinski definition) is 2. The summed E-state index contributed by atoms with van der Waals surface area (Å²) in [6.07, 6.45) is 0. The van der Waals surface area contributed by atoms with Crippen LogP contribution in [0.25, 0.3) is 0 Å². The first-order valence-corrected chi connectivity index (χ1v) is 7.19. The molecule has 0 heterocycles. The first-order valence-electron chi connectivity index (χ1n) is 3.68. The van der Waals surface area contributed by atoms with E-state index >= 15 is 0 Å². The normalized spacial score (nSPS) is 11.5. The van der Waals surface area contributed by atoms with Gasteiger partial charge in [0.25, 0.3) is 0 Å². The van der Waals surface area contributed by atoms with E-state index in [1.807, 2.05) is 6.07 Å². The third-order valence-electron chi connectivity index (χ3n) is 1.32. The van der Waals surface area contributed by atoms with Gasteiger partial charge in [-0.15, -0.1) is 0 Å². The summed E-state index contributed by atoms with van der Waals surface area (Å²) in [5.74, 6) is 5.05. The zero-order valence-corrected chi connectivity index (χ0v) is 10.0. The van der Waals surface area contributed by atoms with E-state index in [2.05, 4.69) is 29.7 Å². The monoisotopic (exact) mass is 296 g/mol. The number of alkyl halides is 1. The zero-order valence-electron chi connectivity index (χ0n) is 6.88. The summed E-state index contributed by atoms with van der Waals surface area (Å²) in [6.45, 7) is 2.22. The molecular formula is C8H12INOP-. The molecule has 0 saturated carbocycles. The second-order valence-electron chi connectivity index (χ2n) is 2.10. The molecule has 2 nitrogen and oxygen atoms in total. The molecule has 1 aromatic rings. The molecule has 0 aliphatic rings. The van der Waals surface area contributed by atoms with Crippen LogP contribution < -0.4 is 32.4 Å². The Morgan fingerprint density at radius 2 is 2.25 bits per heavy atom. The van der Waals surface area contributed by atoms with Crippen molar-refractivity contribution in [1.29, 1.82) is 0 Å². The molecule has 0 aliphatic heterocycles. The topological polar surface area (TPSA) is 35.2 Å². The molecule has 0 aliphatic carbocycles. The van der Waals surface area contributed by atoms with Crippen LogP contribution in [-0.4, -0.2) is 4.43 Å². The summed E-state index contributed by atoms with van der Waals surface area (Å²) in [5, 5.41) is 1.27. The Balaban J connectivity index is 2.77. The Kier molecular flexibility index (Phi) is 5.07. The van der Waals surface area contributed by atoms with Gasteiger partial charge in [-0.25, -0.2) is 0 Å². The summed E-state index contributed by atoms with van der Waals surface area (Å²) in [5.41, 5.74) is 0.